The molecule has 0 amide bonds. The molecule has 278 valence electrons. The fourth-order valence-electron chi connectivity index (χ4n) is 9.92. The largest absolute Gasteiger partial charge is 0.247 e. The van der Waals surface area contributed by atoms with E-state index in [2.05, 4.69) is 133 Å². The van der Waals surface area contributed by atoms with Crippen molar-refractivity contribution in [3.63, 3.8) is 0 Å². The molecule has 1 fully saturated rings. The Morgan fingerprint density at radius 3 is 1.71 bits per heavy atom. The van der Waals surface area contributed by atoms with Gasteiger partial charge in [-0.05, 0) is 63.6 Å². The first-order valence-corrected chi connectivity index (χ1v) is 20.6. The second-order valence-corrected chi connectivity index (χ2v) is 16.1. The lowest BCUT2D eigenvalue weighted by Gasteiger charge is -2.30. The van der Waals surface area contributed by atoms with Crippen LogP contribution in [0.5, 0.6) is 0 Å². The molecule has 4 nitrogen and oxygen atoms in total. The Balaban J connectivity index is 1.17. The van der Waals surface area contributed by atoms with E-state index in [4.69, 9.17) is 19.9 Å². The van der Waals surface area contributed by atoms with Gasteiger partial charge in [-0.15, -0.1) is 0 Å². The molecule has 59 heavy (non-hydrogen) atoms. The molecule has 7 aromatic carbocycles. The molecule has 12 rings (SSSR count). The van der Waals surface area contributed by atoms with Crippen molar-refractivity contribution in [2.24, 2.45) is 11.8 Å². The highest BCUT2D eigenvalue weighted by molar-refractivity contribution is 6.20. The molecule has 0 radical (unpaired) electrons. The Morgan fingerprint density at radius 2 is 1.00 bits per heavy atom. The molecule has 0 saturated heterocycles. The number of aromatic nitrogens is 4. The predicted molar refractivity (Wildman–Crippen MR) is 241 cm³/mol. The molecule has 4 heteroatoms. The number of benzene rings is 7. The van der Waals surface area contributed by atoms with Crippen LogP contribution in [0.1, 0.15) is 29.4 Å². The Bertz CT molecular complexity index is 3090. The minimum atomic E-state index is 0.286. The van der Waals surface area contributed by atoms with Crippen LogP contribution in [0.4, 0.5) is 0 Å². The van der Waals surface area contributed by atoms with E-state index in [1.54, 1.807) is 0 Å². The maximum Gasteiger partial charge on any atom is 0.164 e. The zero-order valence-corrected chi connectivity index (χ0v) is 32.3. The fraction of sp³-hybridized carbons (Fsp3) is 0.0909. The van der Waals surface area contributed by atoms with Crippen molar-refractivity contribution < 1.29 is 0 Å². The molecule has 0 aliphatic heterocycles. The van der Waals surface area contributed by atoms with Gasteiger partial charge >= 0.3 is 0 Å². The van der Waals surface area contributed by atoms with Crippen LogP contribution in [0, 0.1) is 11.8 Å². The first-order valence-electron chi connectivity index (χ1n) is 20.6. The first kappa shape index (κ1) is 33.8. The lowest BCUT2D eigenvalue weighted by atomic mass is 9.74. The van der Waals surface area contributed by atoms with E-state index >= 15 is 0 Å². The third-order valence-corrected chi connectivity index (χ3v) is 12.7. The molecule has 0 bridgehead atoms. The van der Waals surface area contributed by atoms with E-state index in [1.165, 1.54) is 45.2 Å². The normalized spacial score (nSPS) is 18.6. The quantitative estimate of drug-likeness (QED) is 0.168. The standard InChI is InChI=1S/C55H38N4/c1-4-16-34(17-5-1)52-46-31-30-44-40-24-11-13-26-42(40)48-33-47(48)41-25-12-10-22-38(41)39-23-14-15-27-43(39)50(44)51(46)45-29-28-37(32-49(45)56-52)55-58-53(35-18-6-2-7-19-35)57-54(59-55)36-20-8-3-9-21-36/h1-32,38,41,47-48H,33H2. The molecule has 4 unspecified atom stereocenters. The molecule has 2 heterocycles. The van der Waals surface area contributed by atoms with Crippen LogP contribution in [-0.4, -0.2) is 19.9 Å². The average Bonchev–Trinajstić information content (AvgIpc) is 4.12. The third-order valence-electron chi connectivity index (χ3n) is 12.7. The van der Waals surface area contributed by atoms with E-state index in [1.807, 2.05) is 60.7 Å². The number of rotatable bonds is 4. The van der Waals surface area contributed by atoms with Crippen molar-refractivity contribution in [1.29, 1.82) is 0 Å². The van der Waals surface area contributed by atoms with Crippen LogP contribution in [0.25, 0.3) is 89.4 Å². The van der Waals surface area contributed by atoms with Crippen LogP contribution < -0.4 is 0 Å². The zero-order chi connectivity index (χ0) is 38.9. The smallest absolute Gasteiger partial charge is 0.164 e. The van der Waals surface area contributed by atoms with E-state index in [0.717, 1.165) is 44.2 Å². The van der Waals surface area contributed by atoms with Gasteiger partial charge in [0, 0.05) is 44.3 Å². The number of allylic oxidation sites excluding steroid dienone is 4. The minimum Gasteiger partial charge on any atom is -0.247 e. The van der Waals surface area contributed by atoms with Gasteiger partial charge in [0.25, 0.3) is 0 Å². The van der Waals surface area contributed by atoms with Crippen molar-refractivity contribution in [1.82, 2.24) is 19.9 Å². The average molecular weight is 755 g/mol. The van der Waals surface area contributed by atoms with Crippen LogP contribution >= 0.6 is 0 Å². The van der Waals surface area contributed by atoms with E-state index in [-0.39, 0.29) is 5.92 Å². The van der Waals surface area contributed by atoms with Gasteiger partial charge in [0.05, 0.1) is 11.2 Å². The SMILES string of the molecule is C1=CC2c3ccccc3-c3c(ccc4c(-c5ccccc5)nc5cc(-c6nc(-c7ccccc7)nc(-c7ccccc7)n6)ccc5c34)-c3ccccc3C3CC3C2C=C1. The van der Waals surface area contributed by atoms with Gasteiger partial charge in [-0.3, -0.25) is 0 Å². The van der Waals surface area contributed by atoms with Crippen molar-refractivity contribution in [2.45, 2.75) is 18.3 Å². The molecule has 0 N–H and O–H groups in total. The zero-order valence-electron chi connectivity index (χ0n) is 32.3. The summed E-state index contributed by atoms with van der Waals surface area (Å²) in [5.74, 6) is 3.76. The van der Waals surface area contributed by atoms with Crippen molar-refractivity contribution in [2.75, 3.05) is 0 Å². The number of hydrogen-bond donors (Lipinski definition) is 0. The highest BCUT2D eigenvalue weighted by atomic mass is 15.0. The van der Waals surface area contributed by atoms with Crippen LogP contribution in [0.2, 0.25) is 0 Å². The van der Waals surface area contributed by atoms with Crippen LogP contribution in [-0.2, 0) is 0 Å². The Kier molecular flexibility index (Phi) is 7.83. The second-order valence-electron chi connectivity index (χ2n) is 16.1. The minimum absolute atomic E-state index is 0.286. The summed E-state index contributed by atoms with van der Waals surface area (Å²) < 4.78 is 0. The van der Waals surface area contributed by atoms with Gasteiger partial charge in [0.1, 0.15) is 0 Å². The summed E-state index contributed by atoms with van der Waals surface area (Å²) in [6.45, 7) is 0. The van der Waals surface area contributed by atoms with Gasteiger partial charge in [-0.1, -0.05) is 188 Å². The lowest BCUT2D eigenvalue weighted by Crippen LogP contribution is -2.16. The monoisotopic (exact) mass is 754 g/mol. The van der Waals surface area contributed by atoms with Crippen LogP contribution in [0.3, 0.4) is 0 Å². The highest BCUT2D eigenvalue weighted by Gasteiger charge is 2.47. The predicted octanol–water partition coefficient (Wildman–Crippen LogP) is 13.5. The summed E-state index contributed by atoms with van der Waals surface area (Å²) in [6, 6.07) is 60.6. The van der Waals surface area contributed by atoms with Crippen LogP contribution in [0.15, 0.2) is 194 Å². The van der Waals surface area contributed by atoms with Crippen molar-refractivity contribution in [3.05, 3.63) is 205 Å². The number of fused-ring (bicyclic) bond motifs is 14. The van der Waals surface area contributed by atoms with Gasteiger partial charge in [-0.25, -0.2) is 19.9 Å². The second kappa shape index (κ2) is 13.7. The number of nitrogens with zero attached hydrogens (tertiary/aromatic N) is 4. The van der Waals surface area contributed by atoms with E-state index < -0.39 is 0 Å². The van der Waals surface area contributed by atoms with Gasteiger partial charge < -0.3 is 0 Å². The maximum absolute atomic E-state index is 5.54. The Hall–Kier alpha value is -7.30. The topological polar surface area (TPSA) is 51.6 Å². The summed E-state index contributed by atoms with van der Waals surface area (Å²) in [5.41, 5.74) is 13.7. The molecule has 0 spiro atoms. The summed E-state index contributed by atoms with van der Waals surface area (Å²) in [7, 11) is 0. The van der Waals surface area contributed by atoms with E-state index in [0.29, 0.717) is 35.2 Å². The molecular weight excluding hydrogens is 717 g/mol. The maximum atomic E-state index is 5.54. The Labute approximate surface area is 343 Å². The van der Waals surface area contributed by atoms with Gasteiger partial charge in [0.15, 0.2) is 17.5 Å². The molecule has 1 saturated carbocycles. The molecule has 9 aromatic rings. The van der Waals surface area contributed by atoms with E-state index in [9.17, 15) is 0 Å². The molecule has 4 atom stereocenters. The molecular formula is C55H38N4. The first-order chi connectivity index (χ1) is 29.3. The fourth-order valence-corrected chi connectivity index (χ4v) is 9.92. The van der Waals surface area contributed by atoms with Gasteiger partial charge in [0.2, 0.25) is 0 Å². The summed E-state index contributed by atoms with van der Waals surface area (Å²) in [5, 5.41) is 3.45. The molecule has 3 aliphatic carbocycles. The highest BCUT2D eigenvalue weighted by Crippen LogP contribution is 2.60. The summed E-state index contributed by atoms with van der Waals surface area (Å²) in [4.78, 5) is 20.7. The lowest BCUT2D eigenvalue weighted by molar-refractivity contribution is 0.500. The van der Waals surface area contributed by atoms with Gasteiger partial charge in [-0.2, -0.15) is 0 Å². The molecule has 3 aliphatic rings. The Morgan fingerprint density at radius 1 is 0.424 bits per heavy atom. The summed E-state index contributed by atoms with van der Waals surface area (Å²) in [6.07, 6.45) is 10.6. The third kappa shape index (κ3) is 5.66. The molecule has 2 aromatic heterocycles. The summed E-state index contributed by atoms with van der Waals surface area (Å²) >= 11 is 0. The number of pyridine rings is 1. The van der Waals surface area contributed by atoms with Crippen molar-refractivity contribution in [3.8, 4) is 67.7 Å². The van der Waals surface area contributed by atoms with Crippen molar-refractivity contribution >= 4 is 21.7 Å². The number of hydrogen-bond acceptors (Lipinski definition) is 4.